The second kappa shape index (κ2) is 4.90. The van der Waals surface area contributed by atoms with Crippen LogP contribution in [-0.4, -0.2) is 17.1 Å². The van der Waals surface area contributed by atoms with Gasteiger partial charge in [-0.2, -0.15) is 0 Å². The Labute approximate surface area is 105 Å². The molecule has 0 aromatic carbocycles. The molecule has 0 bridgehead atoms. The minimum absolute atomic E-state index is 0.0133. The number of nitrogens with two attached hydrogens (primary N) is 1. The molecule has 90 valence electrons. The van der Waals surface area contributed by atoms with Crippen LogP contribution in [0.4, 0.5) is 5.13 Å². The van der Waals surface area contributed by atoms with Gasteiger partial charge >= 0.3 is 0 Å². The molecular formula is C11H18ClN3S. The Hall–Kier alpha value is -0.320. The highest BCUT2D eigenvalue weighted by Gasteiger charge is 2.37. The summed E-state index contributed by atoms with van der Waals surface area (Å²) in [6.45, 7) is 2.93. The van der Waals surface area contributed by atoms with E-state index in [1.165, 1.54) is 19.3 Å². The van der Waals surface area contributed by atoms with Crippen molar-refractivity contribution in [3.05, 3.63) is 10.5 Å². The summed E-state index contributed by atoms with van der Waals surface area (Å²) in [5, 5.41) is 6.81. The van der Waals surface area contributed by atoms with Crippen molar-refractivity contribution in [3.8, 4) is 0 Å². The highest BCUT2D eigenvalue weighted by molar-refractivity contribution is 7.14. The quantitative estimate of drug-likeness (QED) is 0.877. The fourth-order valence-electron chi connectivity index (χ4n) is 2.48. The van der Waals surface area contributed by atoms with Crippen molar-refractivity contribution >= 4 is 28.1 Å². The van der Waals surface area contributed by atoms with E-state index in [-0.39, 0.29) is 5.54 Å². The van der Waals surface area contributed by atoms with Gasteiger partial charge in [0.2, 0.25) is 0 Å². The number of hydrogen-bond donors (Lipinski definition) is 2. The Morgan fingerprint density at radius 1 is 1.69 bits per heavy atom. The summed E-state index contributed by atoms with van der Waals surface area (Å²) in [7, 11) is 0. The van der Waals surface area contributed by atoms with E-state index in [2.05, 4.69) is 17.2 Å². The van der Waals surface area contributed by atoms with Crippen LogP contribution in [0, 0.1) is 5.92 Å². The molecule has 2 rings (SSSR count). The van der Waals surface area contributed by atoms with Gasteiger partial charge in [0.1, 0.15) is 5.15 Å². The van der Waals surface area contributed by atoms with Gasteiger partial charge in [0.15, 0.2) is 5.13 Å². The molecule has 0 aliphatic heterocycles. The van der Waals surface area contributed by atoms with Gasteiger partial charge in [-0.05, 0) is 18.8 Å². The van der Waals surface area contributed by atoms with Crippen molar-refractivity contribution in [2.24, 2.45) is 11.7 Å². The third-order valence-corrected chi connectivity index (χ3v) is 4.73. The topological polar surface area (TPSA) is 50.9 Å². The Morgan fingerprint density at radius 2 is 2.50 bits per heavy atom. The van der Waals surface area contributed by atoms with Gasteiger partial charge in [-0.25, -0.2) is 4.98 Å². The highest BCUT2D eigenvalue weighted by atomic mass is 35.5. The maximum atomic E-state index is 5.96. The molecule has 2 atom stereocenters. The van der Waals surface area contributed by atoms with Crippen LogP contribution in [-0.2, 0) is 0 Å². The van der Waals surface area contributed by atoms with Crippen molar-refractivity contribution in [1.29, 1.82) is 0 Å². The lowest BCUT2D eigenvalue weighted by molar-refractivity contribution is 0.235. The molecule has 0 spiro atoms. The second-order valence-corrected chi connectivity index (χ2v) is 5.85. The summed E-state index contributed by atoms with van der Waals surface area (Å²) < 4.78 is 0. The van der Waals surface area contributed by atoms with Gasteiger partial charge in [-0.15, -0.1) is 11.3 Å². The van der Waals surface area contributed by atoms with Gasteiger partial charge in [0.25, 0.3) is 0 Å². The van der Waals surface area contributed by atoms with Crippen molar-refractivity contribution in [1.82, 2.24) is 4.98 Å². The summed E-state index contributed by atoms with van der Waals surface area (Å²) in [5.74, 6) is 0.592. The van der Waals surface area contributed by atoms with Crippen LogP contribution in [0.5, 0.6) is 0 Å². The molecule has 1 aliphatic carbocycles. The molecule has 1 heterocycles. The molecule has 5 heteroatoms. The van der Waals surface area contributed by atoms with E-state index in [0.717, 1.165) is 11.6 Å². The number of nitrogens with zero attached hydrogens (tertiary/aromatic N) is 1. The number of nitrogens with one attached hydrogen (secondary N) is 1. The van der Waals surface area contributed by atoms with Crippen LogP contribution in [0.2, 0.25) is 5.15 Å². The number of hydrogen-bond acceptors (Lipinski definition) is 4. The molecule has 1 fully saturated rings. The molecule has 1 aliphatic rings. The third-order valence-electron chi connectivity index (χ3n) is 3.65. The summed E-state index contributed by atoms with van der Waals surface area (Å²) in [6, 6.07) is 0. The molecule has 0 saturated heterocycles. The average Bonchev–Trinajstić information content (AvgIpc) is 2.67. The lowest BCUT2D eigenvalue weighted by Crippen LogP contribution is -2.52. The van der Waals surface area contributed by atoms with Crippen molar-refractivity contribution < 1.29 is 0 Å². The van der Waals surface area contributed by atoms with Crippen molar-refractivity contribution in [2.75, 3.05) is 11.9 Å². The van der Waals surface area contributed by atoms with Gasteiger partial charge in [0, 0.05) is 11.9 Å². The van der Waals surface area contributed by atoms with Crippen molar-refractivity contribution in [2.45, 2.75) is 38.1 Å². The Kier molecular flexibility index (Phi) is 3.72. The normalized spacial score (nSPS) is 30.3. The molecule has 3 N–H and O–H groups in total. The first-order valence-corrected chi connectivity index (χ1v) is 7.01. The summed E-state index contributed by atoms with van der Waals surface area (Å²) >= 11 is 7.38. The van der Waals surface area contributed by atoms with Crippen LogP contribution >= 0.6 is 22.9 Å². The molecule has 16 heavy (non-hydrogen) atoms. The summed E-state index contributed by atoms with van der Waals surface area (Å²) in [5.41, 5.74) is 5.98. The van der Waals surface area contributed by atoms with Crippen LogP contribution in [0.25, 0.3) is 0 Å². The number of halogens is 1. The van der Waals surface area contributed by atoms with E-state index in [0.29, 0.717) is 17.6 Å². The zero-order valence-electron chi connectivity index (χ0n) is 9.50. The molecule has 0 radical (unpaired) electrons. The Morgan fingerprint density at radius 3 is 3.06 bits per heavy atom. The molecule has 1 aromatic rings. The highest BCUT2D eigenvalue weighted by Crippen LogP contribution is 2.36. The minimum Gasteiger partial charge on any atom is -0.354 e. The van der Waals surface area contributed by atoms with Crippen molar-refractivity contribution in [3.63, 3.8) is 0 Å². The largest absolute Gasteiger partial charge is 0.354 e. The molecule has 1 aromatic heterocycles. The Balaban J connectivity index is 2.14. The van der Waals surface area contributed by atoms with Gasteiger partial charge in [-0.1, -0.05) is 31.4 Å². The summed E-state index contributed by atoms with van der Waals surface area (Å²) in [4.78, 5) is 4.25. The van der Waals surface area contributed by atoms with Gasteiger partial charge in [-0.3, -0.25) is 0 Å². The van der Waals surface area contributed by atoms with Gasteiger partial charge < -0.3 is 11.1 Å². The monoisotopic (exact) mass is 259 g/mol. The number of thiazole rings is 1. The lowest BCUT2D eigenvalue weighted by atomic mass is 9.74. The molecule has 2 unspecified atom stereocenters. The first kappa shape index (κ1) is 12.1. The fraction of sp³-hybridized carbons (Fsp3) is 0.727. The van der Waals surface area contributed by atoms with Crippen LogP contribution in [0.1, 0.15) is 32.6 Å². The van der Waals surface area contributed by atoms with Gasteiger partial charge in [0.05, 0.1) is 5.54 Å². The predicted molar refractivity (Wildman–Crippen MR) is 70.2 cm³/mol. The number of anilines is 1. The van der Waals surface area contributed by atoms with Crippen LogP contribution in [0.15, 0.2) is 5.38 Å². The average molecular weight is 260 g/mol. The van der Waals surface area contributed by atoms with E-state index >= 15 is 0 Å². The lowest BCUT2D eigenvalue weighted by Gasteiger charge is -2.42. The van der Waals surface area contributed by atoms with Crippen LogP contribution in [0.3, 0.4) is 0 Å². The maximum Gasteiger partial charge on any atom is 0.184 e. The first-order chi connectivity index (χ1) is 7.66. The Bertz CT molecular complexity index is 355. The SMILES string of the molecule is CC1CCCCC1(CN)Nc1nc(Cl)cs1. The fourth-order valence-corrected chi connectivity index (χ4v) is 3.42. The molecule has 0 amide bonds. The van der Waals surface area contributed by atoms with E-state index in [1.54, 1.807) is 11.3 Å². The van der Waals surface area contributed by atoms with E-state index in [9.17, 15) is 0 Å². The second-order valence-electron chi connectivity index (χ2n) is 4.61. The molecule has 1 saturated carbocycles. The van der Waals surface area contributed by atoms with E-state index < -0.39 is 0 Å². The zero-order valence-corrected chi connectivity index (χ0v) is 11.1. The van der Waals surface area contributed by atoms with E-state index in [4.69, 9.17) is 17.3 Å². The smallest absolute Gasteiger partial charge is 0.184 e. The van der Waals surface area contributed by atoms with Crippen LogP contribution < -0.4 is 11.1 Å². The molecular weight excluding hydrogens is 242 g/mol. The first-order valence-electron chi connectivity index (χ1n) is 5.75. The predicted octanol–water partition coefficient (Wildman–Crippen LogP) is 3.12. The minimum atomic E-state index is 0.0133. The number of aromatic nitrogens is 1. The van der Waals surface area contributed by atoms with E-state index in [1.807, 2.05) is 5.38 Å². The summed E-state index contributed by atoms with van der Waals surface area (Å²) in [6.07, 6.45) is 4.92. The standard InChI is InChI=1S/C11H18ClN3S/c1-8-4-2-3-5-11(8,7-13)15-10-14-9(12)6-16-10/h6,8H,2-5,7,13H2,1H3,(H,14,15). The third kappa shape index (κ3) is 2.34. The zero-order chi connectivity index (χ0) is 11.6. The maximum absolute atomic E-state index is 5.96. The number of rotatable bonds is 3. The molecule has 3 nitrogen and oxygen atoms in total.